The molecule has 1 aromatic heterocycles. The Labute approximate surface area is 88.7 Å². The minimum absolute atomic E-state index is 0.0797. The zero-order valence-electron chi connectivity index (χ0n) is 8.47. The Bertz CT molecular complexity index is 252. The van der Waals surface area contributed by atoms with Gasteiger partial charge in [0.25, 0.3) is 0 Å². The predicted molar refractivity (Wildman–Crippen MR) is 59.7 cm³/mol. The smallest absolute Gasteiger partial charge is 0.0777 e. The van der Waals surface area contributed by atoms with Crippen LogP contribution < -0.4 is 11.3 Å². The van der Waals surface area contributed by atoms with Crippen LogP contribution in [0.1, 0.15) is 25.6 Å². The monoisotopic (exact) mass is 212 g/mol. The van der Waals surface area contributed by atoms with Crippen LogP contribution in [0.4, 0.5) is 0 Å². The lowest BCUT2D eigenvalue weighted by Crippen LogP contribution is -2.30. The quantitative estimate of drug-likeness (QED) is 0.565. The normalized spacial score (nSPS) is 13.1. The van der Waals surface area contributed by atoms with E-state index in [1.54, 1.807) is 18.6 Å². The average Bonchev–Trinajstić information content (AvgIpc) is 2.20. The van der Waals surface area contributed by atoms with Crippen molar-refractivity contribution in [2.24, 2.45) is 5.84 Å². The van der Waals surface area contributed by atoms with Crippen molar-refractivity contribution in [1.29, 1.82) is 0 Å². The first-order valence-corrected chi connectivity index (χ1v) is 5.62. The first kappa shape index (κ1) is 11.4. The highest BCUT2D eigenvalue weighted by atomic mass is 32.2. The Balaban J connectivity index is 2.54. The molecule has 3 N–H and O–H groups in total. The van der Waals surface area contributed by atoms with E-state index in [2.05, 4.69) is 29.2 Å². The zero-order valence-corrected chi connectivity index (χ0v) is 9.29. The van der Waals surface area contributed by atoms with Gasteiger partial charge in [0.1, 0.15) is 0 Å². The highest BCUT2D eigenvalue weighted by Crippen LogP contribution is 2.18. The van der Waals surface area contributed by atoms with E-state index in [0.29, 0.717) is 5.25 Å². The summed E-state index contributed by atoms with van der Waals surface area (Å²) in [5.74, 6) is 6.37. The number of hydrazine groups is 1. The Morgan fingerprint density at radius 2 is 2.29 bits per heavy atom. The van der Waals surface area contributed by atoms with E-state index < -0.39 is 0 Å². The van der Waals surface area contributed by atoms with Crippen LogP contribution in [0.5, 0.6) is 0 Å². The molecule has 0 saturated heterocycles. The van der Waals surface area contributed by atoms with Gasteiger partial charge in [0.05, 0.1) is 17.9 Å². The van der Waals surface area contributed by atoms with Gasteiger partial charge in [0.15, 0.2) is 0 Å². The fraction of sp³-hybridized carbons (Fsp3) is 0.556. The number of aromatic nitrogens is 2. The van der Waals surface area contributed by atoms with Gasteiger partial charge in [0.2, 0.25) is 0 Å². The van der Waals surface area contributed by atoms with Gasteiger partial charge in [-0.1, -0.05) is 13.8 Å². The molecule has 1 heterocycles. The highest BCUT2D eigenvalue weighted by molar-refractivity contribution is 7.99. The molecule has 0 spiro atoms. The lowest BCUT2D eigenvalue weighted by molar-refractivity contribution is 0.592. The second-order valence-corrected chi connectivity index (χ2v) is 4.84. The molecule has 0 aliphatic heterocycles. The van der Waals surface area contributed by atoms with Crippen LogP contribution in [0.15, 0.2) is 18.6 Å². The first-order valence-electron chi connectivity index (χ1n) is 4.57. The number of nitrogens with one attached hydrogen (secondary N) is 1. The third-order valence-corrected chi connectivity index (χ3v) is 2.93. The van der Waals surface area contributed by atoms with Crippen molar-refractivity contribution in [3.05, 3.63) is 24.3 Å². The maximum absolute atomic E-state index is 5.46. The van der Waals surface area contributed by atoms with Gasteiger partial charge in [-0.15, -0.1) is 0 Å². The molecule has 0 aliphatic rings. The summed E-state index contributed by atoms with van der Waals surface area (Å²) in [5.41, 5.74) is 3.64. The minimum atomic E-state index is 0.0797. The molecule has 0 radical (unpaired) electrons. The largest absolute Gasteiger partial charge is 0.271 e. The molecule has 0 fully saturated rings. The third-order valence-electron chi connectivity index (χ3n) is 1.74. The maximum Gasteiger partial charge on any atom is 0.0777 e. The Morgan fingerprint density at radius 3 is 2.79 bits per heavy atom. The molecule has 0 aromatic carbocycles. The molecule has 0 aliphatic carbocycles. The van der Waals surface area contributed by atoms with Gasteiger partial charge in [-0.3, -0.25) is 21.2 Å². The summed E-state index contributed by atoms with van der Waals surface area (Å²) < 4.78 is 0. The number of hydrogen-bond acceptors (Lipinski definition) is 5. The lowest BCUT2D eigenvalue weighted by atomic mass is 10.2. The summed E-state index contributed by atoms with van der Waals surface area (Å²) >= 11 is 1.85. The third kappa shape index (κ3) is 3.61. The molecular weight excluding hydrogens is 196 g/mol. The molecule has 0 amide bonds. The van der Waals surface area contributed by atoms with E-state index in [-0.39, 0.29) is 6.04 Å². The van der Waals surface area contributed by atoms with E-state index >= 15 is 0 Å². The number of thioether (sulfide) groups is 1. The second-order valence-electron chi connectivity index (χ2n) is 3.23. The van der Waals surface area contributed by atoms with Crippen LogP contribution in [-0.2, 0) is 0 Å². The van der Waals surface area contributed by atoms with Crippen LogP contribution in [0.2, 0.25) is 0 Å². The van der Waals surface area contributed by atoms with Crippen LogP contribution >= 0.6 is 11.8 Å². The molecule has 1 rings (SSSR count). The number of nitrogens with zero attached hydrogens (tertiary/aromatic N) is 2. The Hall–Kier alpha value is -0.650. The van der Waals surface area contributed by atoms with Gasteiger partial charge in [0, 0.05) is 18.1 Å². The lowest BCUT2D eigenvalue weighted by Gasteiger charge is -2.15. The molecule has 0 saturated carbocycles. The summed E-state index contributed by atoms with van der Waals surface area (Å²) in [6.07, 6.45) is 5.08. The molecule has 1 atom stereocenters. The Morgan fingerprint density at radius 1 is 1.50 bits per heavy atom. The van der Waals surface area contributed by atoms with Gasteiger partial charge in [-0.05, 0) is 5.25 Å². The Kier molecular flexibility index (Phi) is 4.86. The van der Waals surface area contributed by atoms with Gasteiger partial charge >= 0.3 is 0 Å². The van der Waals surface area contributed by atoms with Crippen molar-refractivity contribution < 1.29 is 0 Å². The first-order chi connectivity index (χ1) is 6.74. The van der Waals surface area contributed by atoms with E-state index in [1.807, 2.05) is 11.8 Å². The molecule has 5 heteroatoms. The summed E-state index contributed by atoms with van der Waals surface area (Å²) in [6.45, 7) is 4.32. The van der Waals surface area contributed by atoms with Crippen molar-refractivity contribution in [2.45, 2.75) is 25.1 Å². The van der Waals surface area contributed by atoms with Crippen molar-refractivity contribution in [3.8, 4) is 0 Å². The summed E-state index contributed by atoms with van der Waals surface area (Å²) in [4.78, 5) is 8.22. The van der Waals surface area contributed by atoms with Gasteiger partial charge in [-0.2, -0.15) is 11.8 Å². The minimum Gasteiger partial charge on any atom is -0.271 e. The summed E-state index contributed by atoms with van der Waals surface area (Å²) in [6, 6.07) is 0.0797. The molecular formula is C9H16N4S. The molecule has 1 aromatic rings. The fourth-order valence-electron chi connectivity index (χ4n) is 0.998. The van der Waals surface area contributed by atoms with E-state index in [0.717, 1.165) is 11.4 Å². The number of rotatable bonds is 5. The molecule has 14 heavy (non-hydrogen) atoms. The fourth-order valence-corrected chi connectivity index (χ4v) is 1.84. The number of hydrogen-bond donors (Lipinski definition) is 2. The van der Waals surface area contributed by atoms with Crippen molar-refractivity contribution in [1.82, 2.24) is 15.4 Å². The van der Waals surface area contributed by atoms with Crippen LogP contribution in [0.25, 0.3) is 0 Å². The SMILES string of the molecule is CC(C)SCC(NN)c1cnccn1. The van der Waals surface area contributed by atoms with Crippen molar-refractivity contribution >= 4 is 11.8 Å². The topological polar surface area (TPSA) is 63.8 Å². The van der Waals surface area contributed by atoms with E-state index in [9.17, 15) is 0 Å². The standard InChI is InChI=1S/C9H16N4S/c1-7(2)14-6-9(13-10)8-5-11-3-4-12-8/h3-5,7,9,13H,6,10H2,1-2H3. The highest BCUT2D eigenvalue weighted by Gasteiger charge is 2.11. The molecule has 0 bridgehead atoms. The van der Waals surface area contributed by atoms with E-state index in [1.165, 1.54) is 0 Å². The van der Waals surface area contributed by atoms with Gasteiger partial charge in [-0.25, -0.2) is 0 Å². The van der Waals surface area contributed by atoms with Crippen molar-refractivity contribution in [2.75, 3.05) is 5.75 Å². The van der Waals surface area contributed by atoms with Crippen LogP contribution in [0.3, 0.4) is 0 Å². The molecule has 1 unspecified atom stereocenters. The van der Waals surface area contributed by atoms with Crippen molar-refractivity contribution in [3.63, 3.8) is 0 Å². The average molecular weight is 212 g/mol. The van der Waals surface area contributed by atoms with Crippen LogP contribution in [0, 0.1) is 0 Å². The number of nitrogens with two attached hydrogens (primary N) is 1. The zero-order chi connectivity index (χ0) is 10.4. The summed E-state index contributed by atoms with van der Waals surface area (Å²) in [5, 5.41) is 0.600. The van der Waals surface area contributed by atoms with Crippen LogP contribution in [-0.4, -0.2) is 21.0 Å². The van der Waals surface area contributed by atoms with E-state index in [4.69, 9.17) is 5.84 Å². The molecule has 78 valence electrons. The second kappa shape index (κ2) is 5.95. The predicted octanol–water partition coefficient (Wildman–Crippen LogP) is 1.12. The van der Waals surface area contributed by atoms with Gasteiger partial charge < -0.3 is 0 Å². The maximum atomic E-state index is 5.46. The molecule has 4 nitrogen and oxygen atoms in total. The summed E-state index contributed by atoms with van der Waals surface area (Å²) in [7, 11) is 0.